The molecule has 0 unspecified atom stereocenters. The van der Waals surface area contributed by atoms with Gasteiger partial charge in [-0.3, -0.25) is 4.79 Å². The Balaban J connectivity index is 2.51. The lowest BCUT2D eigenvalue weighted by Crippen LogP contribution is -2.47. The summed E-state index contributed by atoms with van der Waals surface area (Å²) in [4.78, 5) is 23.1. The summed E-state index contributed by atoms with van der Waals surface area (Å²) in [6.07, 6.45) is -2.09. The Morgan fingerprint density at radius 2 is 1.84 bits per heavy atom. The standard InChI is InChI=1S/C11H17F3N2O3/c1-16(7-11(12,13)14)9(19)15-6-10(8(17)18)4-2-3-5-10/h2-7H2,1H3,(H,15,19)(H,17,18). The SMILES string of the molecule is CN(CC(F)(F)F)C(=O)NCC1(C(=O)O)CCCC1. The van der Waals surface area contributed by atoms with Crippen LogP contribution in [0.3, 0.4) is 0 Å². The number of hydrogen-bond acceptors (Lipinski definition) is 2. The maximum absolute atomic E-state index is 12.1. The lowest BCUT2D eigenvalue weighted by Gasteiger charge is -2.26. The highest BCUT2D eigenvalue weighted by Crippen LogP contribution is 2.37. The molecule has 8 heteroatoms. The molecule has 0 atom stereocenters. The van der Waals surface area contributed by atoms with Gasteiger partial charge in [0.25, 0.3) is 0 Å². The second-order valence-corrected chi connectivity index (χ2v) is 4.92. The molecule has 0 aromatic heterocycles. The zero-order valence-corrected chi connectivity index (χ0v) is 10.6. The second-order valence-electron chi connectivity index (χ2n) is 4.92. The number of carboxylic acid groups (broad SMARTS) is 1. The van der Waals surface area contributed by atoms with Crippen molar-refractivity contribution in [2.45, 2.75) is 31.9 Å². The predicted molar refractivity (Wildman–Crippen MR) is 60.6 cm³/mol. The Morgan fingerprint density at radius 1 is 1.32 bits per heavy atom. The van der Waals surface area contributed by atoms with Gasteiger partial charge in [-0.1, -0.05) is 12.8 Å². The molecule has 0 saturated heterocycles. The first-order valence-electron chi connectivity index (χ1n) is 5.95. The molecule has 1 fully saturated rings. The fourth-order valence-electron chi connectivity index (χ4n) is 2.24. The molecular formula is C11H17F3N2O3. The van der Waals surface area contributed by atoms with Crippen molar-refractivity contribution in [2.75, 3.05) is 20.1 Å². The highest BCUT2D eigenvalue weighted by Gasteiger charge is 2.42. The fourth-order valence-corrected chi connectivity index (χ4v) is 2.24. The van der Waals surface area contributed by atoms with Crippen molar-refractivity contribution < 1.29 is 27.9 Å². The van der Waals surface area contributed by atoms with Gasteiger partial charge in [-0.25, -0.2) is 4.79 Å². The van der Waals surface area contributed by atoms with Crippen molar-refractivity contribution >= 4 is 12.0 Å². The zero-order chi connectivity index (χ0) is 14.7. The van der Waals surface area contributed by atoms with E-state index in [1.807, 2.05) is 0 Å². The van der Waals surface area contributed by atoms with Gasteiger partial charge in [0.05, 0.1) is 5.41 Å². The molecule has 1 aliphatic rings. The van der Waals surface area contributed by atoms with E-state index in [0.29, 0.717) is 17.7 Å². The molecule has 110 valence electrons. The van der Waals surface area contributed by atoms with Crippen molar-refractivity contribution in [1.82, 2.24) is 10.2 Å². The van der Waals surface area contributed by atoms with E-state index >= 15 is 0 Å². The van der Waals surface area contributed by atoms with E-state index in [-0.39, 0.29) is 6.54 Å². The molecule has 0 aromatic rings. The molecule has 0 aliphatic heterocycles. The van der Waals surface area contributed by atoms with Crippen molar-refractivity contribution in [3.8, 4) is 0 Å². The quantitative estimate of drug-likeness (QED) is 0.826. The minimum Gasteiger partial charge on any atom is -0.481 e. The van der Waals surface area contributed by atoms with Crippen LogP contribution in [0.25, 0.3) is 0 Å². The van der Waals surface area contributed by atoms with Crippen LogP contribution in [0.15, 0.2) is 0 Å². The molecule has 1 saturated carbocycles. The van der Waals surface area contributed by atoms with Gasteiger partial charge >= 0.3 is 18.2 Å². The third kappa shape index (κ3) is 4.29. The van der Waals surface area contributed by atoms with Gasteiger partial charge < -0.3 is 15.3 Å². The smallest absolute Gasteiger partial charge is 0.406 e. The van der Waals surface area contributed by atoms with E-state index in [9.17, 15) is 22.8 Å². The largest absolute Gasteiger partial charge is 0.481 e. The number of rotatable bonds is 4. The first kappa shape index (κ1) is 15.6. The van der Waals surface area contributed by atoms with Crippen LogP contribution < -0.4 is 5.32 Å². The third-order valence-electron chi connectivity index (χ3n) is 3.36. The molecule has 19 heavy (non-hydrogen) atoms. The Labute approximate surface area is 108 Å². The maximum atomic E-state index is 12.1. The van der Waals surface area contributed by atoms with Crippen LogP contribution in [0.5, 0.6) is 0 Å². The number of aliphatic carboxylic acids is 1. The van der Waals surface area contributed by atoms with E-state index in [4.69, 9.17) is 5.11 Å². The lowest BCUT2D eigenvalue weighted by atomic mass is 9.86. The number of carboxylic acids is 1. The van der Waals surface area contributed by atoms with E-state index in [1.165, 1.54) is 0 Å². The van der Waals surface area contributed by atoms with Gasteiger partial charge in [0, 0.05) is 13.6 Å². The van der Waals surface area contributed by atoms with E-state index < -0.39 is 30.1 Å². The minimum atomic E-state index is -4.47. The van der Waals surface area contributed by atoms with E-state index in [0.717, 1.165) is 19.9 Å². The van der Waals surface area contributed by atoms with Crippen LogP contribution in [-0.4, -0.2) is 48.3 Å². The van der Waals surface area contributed by atoms with Crippen LogP contribution in [0.2, 0.25) is 0 Å². The molecule has 0 aromatic carbocycles. The van der Waals surface area contributed by atoms with Crippen LogP contribution in [0, 0.1) is 5.41 Å². The average Bonchev–Trinajstić information content (AvgIpc) is 2.73. The first-order valence-corrected chi connectivity index (χ1v) is 5.95. The molecule has 1 aliphatic carbocycles. The number of carbonyl (C=O) groups excluding carboxylic acids is 1. The molecule has 1 rings (SSSR count). The predicted octanol–water partition coefficient (Wildman–Crippen LogP) is 1.84. The van der Waals surface area contributed by atoms with Gasteiger partial charge in [-0.05, 0) is 12.8 Å². The number of hydrogen-bond donors (Lipinski definition) is 2. The molecule has 0 heterocycles. The number of nitrogens with one attached hydrogen (secondary N) is 1. The Bertz CT molecular complexity index is 352. The van der Waals surface area contributed by atoms with Crippen molar-refractivity contribution in [2.24, 2.45) is 5.41 Å². The Kier molecular flexibility index (Phi) is 4.65. The minimum absolute atomic E-state index is 0.136. The maximum Gasteiger partial charge on any atom is 0.406 e. The zero-order valence-electron chi connectivity index (χ0n) is 10.6. The summed E-state index contributed by atoms with van der Waals surface area (Å²) < 4.78 is 36.3. The van der Waals surface area contributed by atoms with Gasteiger partial charge in [0.2, 0.25) is 0 Å². The summed E-state index contributed by atoms with van der Waals surface area (Å²) >= 11 is 0. The summed E-state index contributed by atoms with van der Waals surface area (Å²) in [5.41, 5.74) is -1.03. The highest BCUT2D eigenvalue weighted by atomic mass is 19.4. The number of nitrogens with zero attached hydrogens (tertiary/aromatic N) is 1. The molecule has 0 bridgehead atoms. The Morgan fingerprint density at radius 3 is 2.26 bits per heavy atom. The van der Waals surface area contributed by atoms with E-state index in [2.05, 4.69) is 5.32 Å². The average molecular weight is 282 g/mol. The van der Waals surface area contributed by atoms with Crippen molar-refractivity contribution in [1.29, 1.82) is 0 Å². The Hall–Kier alpha value is -1.47. The van der Waals surface area contributed by atoms with Crippen LogP contribution in [0.1, 0.15) is 25.7 Å². The number of carbonyl (C=O) groups is 2. The van der Waals surface area contributed by atoms with Crippen molar-refractivity contribution in [3.63, 3.8) is 0 Å². The molecular weight excluding hydrogens is 265 g/mol. The molecule has 0 spiro atoms. The third-order valence-corrected chi connectivity index (χ3v) is 3.36. The number of alkyl halides is 3. The monoisotopic (exact) mass is 282 g/mol. The summed E-state index contributed by atoms with van der Waals surface area (Å²) in [6.45, 7) is -1.50. The summed E-state index contributed by atoms with van der Waals surface area (Å²) in [7, 11) is 1.02. The molecule has 0 radical (unpaired) electrons. The van der Waals surface area contributed by atoms with Gasteiger partial charge in [-0.15, -0.1) is 0 Å². The second kappa shape index (κ2) is 5.66. The summed E-state index contributed by atoms with van der Waals surface area (Å²) in [5.74, 6) is -1.01. The number of urea groups is 1. The van der Waals surface area contributed by atoms with Crippen LogP contribution >= 0.6 is 0 Å². The number of halogens is 3. The normalized spacial score (nSPS) is 18.1. The number of amides is 2. The van der Waals surface area contributed by atoms with Gasteiger partial charge in [0.1, 0.15) is 6.54 Å². The summed E-state index contributed by atoms with van der Waals surface area (Å²) in [5, 5.41) is 11.4. The lowest BCUT2D eigenvalue weighted by molar-refractivity contribution is -0.148. The van der Waals surface area contributed by atoms with Crippen LogP contribution in [0.4, 0.5) is 18.0 Å². The molecule has 2 N–H and O–H groups in total. The fraction of sp³-hybridized carbons (Fsp3) is 0.818. The van der Waals surface area contributed by atoms with Gasteiger partial charge in [0.15, 0.2) is 0 Å². The van der Waals surface area contributed by atoms with Gasteiger partial charge in [-0.2, -0.15) is 13.2 Å². The van der Waals surface area contributed by atoms with Crippen LogP contribution in [-0.2, 0) is 4.79 Å². The van der Waals surface area contributed by atoms with Crippen molar-refractivity contribution in [3.05, 3.63) is 0 Å². The van der Waals surface area contributed by atoms with E-state index in [1.54, 1.807) is 0 Å². The molecule has 2 amide bonds. The topological polar surface area (TPSA) is 69.6 Å². The summed E-state index contributed by atoms with van der Waals surface area (Å²) in [6, 6.07) is -0.912. The molecule has 5 nitrogen and oxygen atoms in total. The highest BCUT2D eigenvalue weighted by molar-refractivity contribution is 5.78. The first-order chi connectivity index (χ1) is 8.66.